The molecule has 0 spiro atoms. The van der Waals surface area contributed by atoms with E-state index in [2.05, 4.69) is 48.5 Å². The first-order chi connectivity index (χ1) is 10.4. The Morgan fingerprint density at radius 1 is 0.955 bits per heavy atom. The monoisotopic (exact) mass is 304 g/mol. The van der Waals surface area contributed by atoms with Crippen LogP contribution in [0.25, 0.3) is 0 Å². The van der Waals surface area contributed by atoms with E-state index >= 15 is 0 Å². The predicted octanol–water partition coefficient (Wildman–Crippen LogP) is 3.04. The summed E-state index contributed by atoms with van der Waals surface area (Å²) in [6, 6.07) is -0.298. The van der Waals surface area contributed by atoms with Gasteiger partial charge < -0.3 is 10.6 Å². The number of amides is 2. The quantitative estimate of drug-likeness (QED) is 0.861. The van der Waals surface area contributed by atoms with Gasteiger partial charge in [-0.1, -0.05) is 27.7 Å². The van der Waals surface area contributed by atoms with Gasteiger partial charge >= 0.3 is 6.03 Å². The molecular formula is C15H24N6O. The smallest absolute Gasteiger partial charge is 0.305 e. The molecular weight excluding hydrogens is 280 g/mol. The van der Waals surface area contributed by atoms with E-state index in [9.17, 15) is 4.79 Å². The van der Waals surface area contributed by atoms with Crippen LogP contribution in [-0.4, -0.2) is 25.6 Å². The Labute approximate surface area is 130 Å². The molecule has 0 bridgehead atoms. The minimum absolute atomic E-state index is 0.298. The first kappa shape index (κ1) is 16.1. The molecule has 0 aromatic carbocycles. The molecule has 0 fully saturated rings. The van der Waals surface area contributed by atoms with Crippen molar-refractivity contribution in [3.63, 3.8) is 0 Å². The van der Waals surface area contributed by atoms with Crippen molar-refractivity contribution in [2.75, 3.05) is 10.6 Å². The minimum atomic E-state index is -0.298. The summed E-state index contributed by atoms with van der Waals surface area (Å²) in [5, 5.41) is 13.9. The lowest BCUT2D eigenvalue weighted by Crippen LogP contribution is -2.18. The van der Waals surface area contributed by atoms with Gasteiger partial charge in [0.25, 0.3) is 0 Å². The molecule has 0 radical (unpaired) electrons. The average molecular weight is 304 g/mol. The van der Waals surface area contributed by atoms with Crippen molar-refractivity contribution in [3.05, 3.63) is 24.8 Å². The summed E-state index contributed by atoms with van der Waals surface area (Å²) in [6.45, 7) is 10.1. The van der Waals surface area contributed by atoms with E-state index in [4.69, 9.17) is 0 Å². The fraction of sp³-hybridized carbons (Fsp3) is 0.533. The molecule has 2 heterocycles. The Kier molecular flexibility index (Phi) is 5.19. The van der Waals surface area contributed by atoms with Crippen molar-refractivity contribution in [2.45, 2.75) is 40.8 Å². The molecule has 0 unspecified atom stereocenters. The van der Waals surface area contributed by atoms with Crippen LogP contribution in [0.1, 0.15) is 27.7 Å². The van der Waals surface area contributed by atoms with Crippen LogP contribution >= 0.6 is 0 Å². The van der Waals surface area contributed by atoms with Crippen LogP contribution in [0, 0.1) is 11.8 Å². The summed E-state index contributed by atoms with van der Waals surface area (Å²) in [5.74, 6) is 1.02. The van der Waals surface area contributed by atoms with Crippen molar-refractivity contribution in [1.29, 1.82) is 0 Å². The number of aromatic nitrogens is 4. The van der Waals surface area contributed by atoms with Crippen molar-refractivity contribution in [1.82, 2.24) is 19.6 Å². The molecule has 0 aliphatic heterocycles. The van der Waals surface area contributed by atoms with E-state index in [1.165, 1.54) is 0 Å². The standard InChI is InChI=1S/C15H24N6O/c1-11(2)7-20-9-13(5-16-20)18-15(22)19-14-6-17-21(10-14)8-12(3)4/h5-6,9-12H,7-8H2,1-4H3,(H2,18,19,22). The van der Waals surface area contributed by atoms with Crippen LogP contribution < -0.4 is 10.6 Å². The maximum absolute atomic E-state index is 11.9. The zero-order valence-corrected chi connectivity index (χ0v) is 13.6. The highest BCUT2D eigenvalue weighted by molar-refractivity contribution is 5.99. The largest absolute Gasteiger partial charge is 0.323 e. The van der Waals surface area contributed by atoms with E-state index in [-0.39, 0.29) is 6.03 Å². The second kappa shape index (κ2) is 7.11. The Balaban J connectivity index is 1.87. The normalized spacial score (nSPS) is 11.2. The third-order valence-corrected chi connectivity index (χ3v) is 2.89. The molecule has 2 aromatic rings. The van der Waals surface area contributed by atoms with Gasteiger partial charge in [0, 0.05) is 25.5 Å². The SMILES string of the molecule is CC(C)Cn1cc(NC(=O)Nc2cnn(CC(C)C)c2)cn1. The average Bonchev–Trinajstić information content (AvgIpc) is 2.98. The molecule has 0 aliphatic rings. The van der Waals surface area contributed by atoms with Gasteiger partial charge in [0.05, 0.1) is 23.8 Å². The van der Waals surface area contributed by atoms with Crippen molar-refractivity contribution < 1.29 is 4.79 Å². The highest BCUT2D eigenvalue weighted by Crippen LogP contribution is 2.10. The molecule has 22 heavy (non-hydrogen) atoms. The molecule has 0 aliphatic carbocycles. The number of carbonyl (C=O) groups is 1. The number of rotatable bonds is 6. The second-order valence-corrected chi connectivity index (χ2v) is 6.27. The lowest BCUT2D eigenvalue weighted by atomic mass is 10.2. The molecule has 7 nitrogen and oxygen atoms in total. The highest BCUT2D eigenvalue weighted by atomic mass is 16.2. The highest BCUT2D eigenvalue weighted by Gasteiger charge is 2.07. The first-order valence-corrected chi connectivity index (χ1v) is 7.55. The Morgan fingerprint density at radius 2 is 1.36 bits per heavy atom. The molecule has 2 aromatic heterocycles. The van der Waals surface area contributed by atoms with Crippen LogP contribution in [0.2, 0.25) is 0 Å². The van der Waals surface area contributed by atoms with Crippen LogP contribution in [0.3, 0.4) is 0 Å². The molecule has 0 saturated carbocycles. The van der Waals surface area contributed by atoms with Gasteiger partial charge in [-0.3, -0.25) is 9.36 Å². The zero-order chi connectivity index (χ0) is 16.1. The predicted molar refractivity (Wildman–Crippen MR) is 86.8 cm³/mol. The van der Waals surface area contributed by atoms with Crippen molar-refractivity contribution in [3.8, 4) is 0 Å². The van der Waals surface area contributed by atoms with Gasteiger partial charge in [0.15, 0.2) is 0 Å². The summed E-state index contributed by atoms with van der Waals surface area (Å²) in [7, 11) is 0. The molecule has 120 valence electrons. The van der Waals surface area contributed by atoms with E-state index in [1.54, 1.807) is 12.4 Å². The Hall–Kier alpha value is -2.31. The van der Waals surface area contributed by atoms with Gasteiger partial charge in [0.2, 0.25) is 0 Å². The second-order valence-electron chi connectivity index (χ2n) is 6.27. The number of urea groups is 1. The topological polar surface area (TPSA) is 76.8 Å². The van der Waals surface area contributed by atoms with E-state index in [0.717, 1.165) is 13.1 Å². The van der Waals surface area contributed by atoms with Crippen LogP contribution in [0.4, 0.5) is 16.2 Å². The summed E-state index contributed by atoms with van der Waals surface area (Å²) in [6.07, 6.45) is 6.93. The zero-order valence-electron chi connectivity index (χ0n) is 13.6. The Morgan fingerprint density at radius 3 is 1.73 bits per heavy atom. The van der Waals surface area contributed by atoms with Crippen molar-refractivity contribution in [2.24, 2.45) is 11.8 Å². The lowest BCUT2D eigenvalue weighted by molar-refractivity contribution is 0.262. The number of nitrogens with zero attached hydrogens (tertiary/aromatic N) is 4. The summed E-state index contributed by atoms with van der Waals surface area (Å²) >= 11 is 0. The first-order valence-electron chi connectivity index (χ1n) is 7.55. The van der Waals surface area contributed by atoms with Crippen LogP contribution in [-0.2, 0) is 13.1 Å². The number of nitrogens with one attached hydrogen (secondary N) is 2. The Bertz CT molecular complexity index is 561. The maximum Gasteiger partial charge on any atom is 0.323 e. The minimum Gasteiger partial charge on any atom is -0.305 e. The number of hydrogen-bond acceptors (Lipinski definition) is 3. The lowest BCUT2D eigenvalue weighted by Gasteiger charge is -2.05. The summed E-state index contributed by atoms with van der Waals surface area (Å²) < 4.78 is 3.64. The van der Waals surface area contributed by atoms with E-state index in [0.29, 0.717) is 23.2 Å². The van der Waals surface area contributed by atoms with Crippen molar-refractivity contribution >= 4 is 17.4 Å². The van der Waals surface area contributed by atoms with Crippen LogP contribution in [0.15, 0.2) is 24.8 Å². The third kappa shape index (κ3) is 4.91. The van der Waals surface area contributed by atoms with Gasteiger partial charge in [-0.2, -0.15) is 10.2 Å². The fourth-order valence-electron chi connectivity index (χ4n) is 2.10. The summed E-state index contributed by atoms with van der Waals surface area (Å²) in [4.78, 5) is 11.9. The van der Waals surface area contributed by atoms with Gasteiger partial charge in [-0.25, -0.2) is 4.79 Å². The molecule has 2 rings (SSSR count). The molecule has 2 N–H and O–H groups in total. The third-order valence-electron chi connectivity index (χ3n) is 2.89. The molecule has 0 saturated heterocycles. The fourth-order valence-corrected chi connectivity index (χ4v) is 2.10. The number of hydrogen-bond donors (Lipinski definition) is 2. The van der Waals surface area contributed by atoms with E-state index < -0.39 is 0 Å². The molecule has 0 atom stereocenters. The van der Waals surface area contributed by atoms with E-state index in [1.807, 2.05) is 21.8 Å². The number of carbonyl (C=O) groups excluding carboxylic acids is 1. The maximum atomic E-state index is 11.9. The van der Waals surface area contributed by atoms with Crippen LogP contribution in [0.5, 0.6) is 0 Å². The number of anilines is 2. The molecule has 2 amide bonds. The summed E-state index contributed by atoms with van der Waals surface area (Å²) in [5.41, 5.74) is 1.35. The van der Waals surface area contributed by atoms with Gasteiger partial charge in [-0.15, -0.1) is 0 Å². The molecule has 7 heteroatoms. The van der Waals surface area contributed by atoms with Gasteiger partial charge in [0.1, 0.15) is 0 Å². The van der Waals surface area contributed by atoms with Gasteiger partial charge in [-0.05, 0) is 11.8 Å².